The van der Waals surface area contributed by atoms with Crippen molar-refractivity contribution in [3.8, 4) is 0 Å². The molecule has 2 N–H and O–H groups in total. The van der Waals surface area contributed by atoms with Gasteiger partial charge in [0.15, 0.2) is 0 Å². The molecule has 1 heterocycles. The molecule has 1 fully saturated rings. The predicted octanol–water partition coefficient (Wildman–Crippen LogP) is 0.540. The zero-order valence-corrected chi connectivity index (χ0v) is 12.4. The van der Waals surface area contributed by atoms with Crippen LogP contribution in [0.4, 0.5) is 4.79 Å². The number of carbonyl (C=O) groups excluding carboxylic acids is 1. The third-order valence-electron chi connectivity index (χ3n) is 3.18. The minimum Gasteiger partial charge on any atom is -0.480 e. The van der Waals surface area contributed by atoms with E-state index in [1.807, 2.05) is 11.2 Å². The Morgan fingerprint density at radius 3 is 2.68 bits per heavy atom. The minimum atomic E-state index is -0.813. The molecule has 0 aromatic rings. The summed E-state index contributed by atoms with van der Waals surface area (Å²) in [5.74, 6) is -0.813. The number of rotatable bonds is 5. The zero-order valence-electron chi connectivity index (χ0n) is 11.6. The van der Waals surface area contributed by atoms with Crippen molar-refractivity contribution in [3.63, 3.8) is 0 Å². The first-order valence-electron chi connectivity index (χ1n) is 6.52. The van der Waals surface area contributed by atoms with Crippen molar-refractivity contribution < 1.29 is 14.7 Å². The van der Waals surface area contributed by atoms with E-state index < -0.39 is 5.97 Å². The number of urea groups is 1. The van der Waals surface area contributed by atoms with Gasteiger partial charge in [0.2, 0.25) is 0 Å². The Balaban J connectivity index is 2.35. The van der Waals surface area contributed by atoms with E-state index >= 15 is 0 Å². The number of nitrogens with one attached hydrogen (secondary N) is 1. The lowest BCUT2D eigenvalue weighted by Crippen LogP contribution is -2.44. The second-order valence-electron chi connectivity index (χ2n) is 4.74. The van der Waals surface area contributed by atoms with Gasteiger partial charge in [-0.1, -0.05) is 6.92 Å². The molecule has 0 spiro atoms. The molecule has 1 atom stereocenters. The van der Waals surface area contributed by atoms with Crippen molar-refractivity contribution in [1.82, 2.24) is 15.1 Å². The maximum Gasteiger partial charge on any atom is 0.317 e. The lowest BCUT2D eigenvalue weighted by Gasteiger charge is -2.22. The molecule has 1 aliphatic rings. The summed E-state index contributed by atoms with van der Waals surface area (Å²) in [6.07, 6.45) is 2.84. The number of amides is 2. The molecule has 0 saturated carbocycles. The van der Waals surface area contributed by atoms with Gasteiger partial charge in [0, 0.05) is 38.0 Å². The third kappa shape index (κ3) is 6.15. The summed E-state index contributed by atoms with van der Waals surface area (Å²) in [5, 5.41) is 12.1. The van der Waals surface area contributed by atoms with Crippen molar-refractivity contribution in [2.45, 2.75) is 18.6 Å². The molecule has 0 radical (unpaired) electrons. The van der Waals surface area contributed by atoms with E-state index in [0.29, 0.717) is 31.4 Å². The lowest BCUT2D eigenvalue weighted by molar-refractivity contribution is -0.138. The Bertz CT molecular complexity index is 315. The maximum absolute atomic E-state index is 12.0. The molecule has 1 unspecified atom stereocenters. The summed E-state index contributed by atoms with van der Waals surface area (Å²) in [6.45, 7) is 5.42. The van der Waals surface area contributed by atoms with Crippen LogP contribution < -0.4 is 5.32 Å². The van der Waals surface area contributed by atoms with E-state index in [2.05, 4.69) is 12.2 Å². The Kier molecular flexibility index (Phi) is 7.01. The van der Waals surface area contributed by atoms with Crippen LogP contribution in [0, 0.1) is 0 Å². The fourth-order valence-electron chi connectivity index (χ4n) is 1.95. The summed E-state index contributed by atoms with van der Waals surface area (Å²) >= 11 is 1.72. The highest BCUT2D eigenvalue weighted by molar-refractivity contribution is 7.99. The molecule has 19 heavy (non-hydrogen) atoms. The third-order valence-corrected chi connectivity index (χ3v) is 4.15. The molecule has 110 valence electrons. The summed E-state index contributed by atoms with van der Waals surface area (Å²) in [6, 6.07) is -0.0434. The number of hydrogen-bond donors (Lipinski definition) is 2. The summed E-state index contributed by atoms with van der Waals surface area (Å²) < 4.78 is 0. The van der Waals surface area contributed by atoms with E-state index in [9.17, 15) is 9.59 Å². The van der Waals surface area contributed by atoms with E-state index in [4.69, 9.17) is 5.11 Å². The molecular formula is C12H23N3O3S. The Morgan fingerprint density at radius 2 is 2.05 bits per heavy atom. The van der Waals surface area contributed by atoms with Crippen LogP contribution in [0.3, 0.4) is 0 Å². The SMILES string of the molecule is CSC(C)CNC(=O)N1CCCN(CC(=O)O)CC1. The second-order valence-corrected chi connectivity index (χ2v) is 6.02. The van der Waals surface area contributed by atoms with Crippen molar-refractivity contribution in [2.24, 2.45) is 0 Å². The maximum atomic E-state index is 12.0. The largest absolute Gasteiger partial charge is 0.480 e. The quantitative estimate of drug-likeness (QED) is 0.773. The first kappa shape index (κ1) is 16.1. The fourth-order valence-corrected chi connectivity index (χ4v) is 2.20. The van der Waals surface area contributed by atoms with Gasteiger partial charge in [0.1, 0.15) is 0 Å². The molecule has 0 aromatic heterocycles. The molecule has 7 heteroatoms. The van der Waals surface area contributed by atoms with Crippen LogP contribution in [-0.4, -0.2) is 77.7 Å². The molecule has 0 bridgehead atoms. The standard InChI is InChI=1S/C12H23N3O3S/c1-10(19-2)8-13-12(18)15-5-3-4-14(6-7-15)9-11(16)17/h10H,3-9H2,1-2H3,(H,13,18)(H,16,17). The van der Waals surface area contributed by atoms with E-state index in [0.717, 1.165) is 13.0 Å². The highest BCUT2D eigenvalue weighted by Crippen LogP contribution is 2.05. The average Bonchev–Trinajstić information content (AvgIpc) is 2.60. The van der Waals surface area contributed by atoms with Crippen molar-refractivity contribution in [3.05, 3.63) is 0 Å². The van der Waals surface area contributed by atoms with Gasteiger partial charge >= 0.3 is 12.0 Å². The van der Waals surface area contributed by atoms with E-state index in [1.165, 1.54) is 0 Å². The number of carboxylic acids is 1. The molecule has 0 aliphatic carbocycles. The molecule has 6 nitrogen and oxygen atoms in total. The smallest absolute Gasteiger partial charge is 0.317 e. The molecular weight excluding hydrogens is 266 g/mol. The predicted molar refractivity (Wildman–Crippen MR) is 76.6 cm³/mol. The van der Waals surface area contributed by atoms with Crippen LogP contribution in [0.1, 0.15) is 13.3 Å². The van der Waals surface area contributed by atoms with Gasteiger partial charge < -0.3 is 15.3 Å². The average molecular weight is 289 g/mol. The number of nitrogens with zero attached hydrogens (tertiary/aromatic N) is 2. The second kappa shape index (κ2) is 8.27. The number of thioether (sulfide) groups is 1. The number of carbonyl (C=O) groups is 2. The molecule has 1 saturated heterocycles. The molecule has 0 aromatic carbocycles. The van der Waals surface area contributed by atoms with Crippen molar-refractivity contribution in [1.29, 1.82) is 0 Å². The van der Waals surface area contributed by atoms with Gasteiger partial charge in [-0.15, -0.1) is 0 Å². The first-order valence-corrected chi connectivity index (χ1v) is 7.81. The van der Waals surface area contributed by atoms with Gasteiger partial charge in [-0.3, -0.25) is 9.69 Å². The van der Waals surface area contributed by atoms with Crippen LogP contribution in [0.25, 0.3) is 0 Å². The summed E-state index contributed by atoms with van der Waals surface area (Å²) in [5.41, 5.74) is 0. The minimum absolute atomic E-state index is 0.0434. The van der Waals surface area contributed by atoms with Crippen LogP contribution in [0.5, 0.6) is 0 Å². The van der Waals surface area contributed by atoms with Gasteiger partial charge in [0.25, 0.3) is 0 Å². The number of carboxylic acid groups (broad SMARTS) is 1. The fraction of sp³-hybridized carbons (Fsp3) is 0.833. The van der Waals surface area contributed by atoms with Gasteiger partial charge in [0.05, 0.1) is 6.54 Å². The highest BCUT2D eigenvalue weighted by Gasteiger charge is 2.20. The Morgan fingerprint density at radius 1 is 1.32 bits per heavy atom. The van der Waals surface area contributed by atoms with Crippen LogP contribution in [0.2, 0.25) is 0 Å². The highest BCUT2D eigenvalue weighted by atomic mass is 32.2. The zero-order chi connectivity index (χ0) is 14.3. The van der Waals surface area contributed by atoms with Crippen molar-refractivity contribution in [2.75, 3.05) is 45.5 Å². The van der Waals surface area contributed by atoms with Crippen LogP contribution in [0.15, 0.2) is 0 Å². The topological polar surface area (TPSA) is 72.9 Å². The van der Waals surface area contributed by atoms with Crippen LogP contribution >= 0.6 is 11.8 Å². The normalized spacial score (nSPS) is 18.7. The Labute approximate surface area is 118 Å². The van der Waals surface area contributed by atoms with E-state index in [-0.39, 0.29) is 12.6 Å². The molecule has 2 amide bonds. The van der Waals surface area contributed by atoms with E-state index in [1.54, 1.807) is 16.7 Å². The van der Waals surface area contributed by atoms with Gasteiger partial charge in [-0.25, -0.2) is 4.79 Å². The van der Waals surface area contributed by atoms with Gasteiger partial charge in [-0.2, -0.15) is 11.8 Å². The lowest BCUT2D eigenvalue weighted by atomic mass is 10.4. The summed E-state index contributed by atoms with van der Waals surface area (Å²) in [4.78, 5) is 26.3. The van der Waals surface area contributed by atoms with Crippen LogP contribution in [-0.2, 0) is 4.79 Å². The molecule has 1 rings (SSSR count). The number of aliphatic carboxylic acids is 1. The summed E-state index contributed by atoms with van der Waals surface area (Å²) in [7, 11) is 0. The van der Waals surface area contributed by atoms with Crippen molar-refractivity contribution >= 4 is 23.8 Å². The van der Waals surface area contributed by atoms with Gasteiger partial charge in [-0.05, 0) is 12.7 Å². The first-order chi connectivity index (χ1) is 9.02. The monoisotopic (exact) mass is 289 g/mol. The number of hydrogen-bond acceptors (Lipinski definition) is 4. The molecule has 1 aliphatic heterocycles. The Hall–Kier alpha value is -0.950.